The van der Waals surface area contributed by atoms with Crippen LogP contribution in [0, 0.1) is 20.2 Å². The zero-order valence-electron chi connectivity index (χ0n) is 20.3. The third-order valence-electron chi connectivity index (χ3n) is 5.09. The predicted molar refractivity (Wildman–Crippen MR) is 124 cm³/mol. The molecule has 0 saturated heterocycles. The highest BCUT2D eigenvalue weighted by molar-refractivity contribution is 5.88. The van der Waals surface area contributed by atoms with Gasteiger partial charge in [-0.25, -0.2) is 9.59 Å². The quantitative estimate of drug-likeness (QED) is 0.116. The zero-order chi connectivity index (χ0) is 27.5. The fourth-order valence-electron chi connectivity index (χ4n) is 3.04. The predicted octanol–water partition coefficient (Wildman–Crippen LogP) is 2.91. The monoisotopic (exact) mass is 522 g/mol. The second-order valence-electron chi connectivity index (χ2n) is 7.89. The first-order valence-corrected chi connectivity index (χ1v) is 11.2. The number of nitrogens with zero attached hydrogens (tertiary/aromatic N) is 2. The van der Waals surface area contributed by atoms with Crippen LogP contribution in [0.4, 0.5) is 0 Å². The van der Waals surface area contributed by atoms with E-state index in [1.54, 1.807) is 37.3 Å². The molecule has 0 aliphatic rings. The molecule has 2 rings (SSSR count). The summed E-state index contributed by atoms with van der Waals surface area (Å²) in [5.41, 5.74) is 0.613. The molecule has 2 aromatic rings. The van der Waals surface area contributed by atoms with Gasteiger partial charge in [0.1, 0.15) is 5.75 Å². The molecule has 3 atom stereocenters. The number of carbonyl (C=O) groups excluding carboxylic acids is 3. The molecule has 0 aliphatic carbocycles. The van der Waals surface area contributed by atoms with Gasteiger partial charge in [-0.2, -0.15) is 0 Å². The molecule has 14 nitrogen and oxygen atoms in total. The normalized spacial score (nSPS) is 13.1. The van der Waals surface area contributed by atoms with E-state index in [4.69, 9.17) is 14.2 Å². The molecule has 0 saturated carbocycles. The van der Waals surface area contributed by atoms with Crippen LogP contribution in [0.15, 0.2) is 36.4 Å². The number of hydrogen-bond donors (Lipinski definition) is 0. The minimum Gasteiger partial charge on any atom is -0.463 e. The van der Waals surface area contributed by atoms with Crippen LogP contribution in [-0.2, 0) is 33.5 Å². The molecule has 0 amide bonds. The van der Waals surface area contributed by atoms with Crippen LogP contribution in [0.2, 0.25) is 0 Å². The van der Waals surface area contributed by atoms with Gasteiger partial charge in [-0.15, -0.1) is 20.2 Å². The van der Waals surface area contributed by atoms with Crippen LogP contribution in [-0.4, -0.2) is 53.5 Å². The Bertz CT molecular complexity index is 1150. The molecule has 14 heteroatoms. The molecule has 0 bridgehead atoms. The Balaban J connectivity index is 1.91. The van der Waals surface area contributed by atoms with Crippen molar-refractivity contribution in [2.75, 3.05) is 13.2 Å². The van der Waals surface area contributed by atoms with Crippen molar-refractivity contribution in [3.8, 4) is 5.75 Å². The Morgan fingerprint density at radius 3 is 2.14 bits per heavy atom. The molecule has 200 valence electrons. The Morgan fingerprint density at radius 1 is 0.811 bits per heavy atom. The van der Waals surface area contributed by atoms with E-state index in [0.29, 0.717) is 23.8 Å². The SMILES string of the molecule is CC(OC(=O)C(C)c1ccc2cc(OC(=O)C(C)O[N+](=O)[O-])ccc2c1)C(=O)OCCCCO[N+](=O)[O-]. The van der Waals surface area contributed by atoms with Crippen molar-refractivity contribution in [2.24, 2.45) is 0 Å². The first kappa shape index (κ1) is 28.7. The van der Waals surface area contributed by atoms with Gasteiger partial charge in [0.2, 0.25) is 6.10 Å². The number of fused-ring (bicyclic) bond motifs is 1. The molecule has 0 fully saturated rings. The number of rotatable bonds is 14. The minimum absolute atomic E-state index is 0.000984. The summed E-state index contributed by atoms with van der Waals surface area (Å²) in [6.07, 6.45) is -1.87. The topological polar surface area (TPSA) is 184 Å². The summed E-state index contributed by atoms with van der Waals surface area (Å²) in [4.78, 5) is 65.2. The number of esters is 3. The van der Waals surface area contributed by atoms with Gasteiger partial charge >= 0.3 is 17.9 Å². The highest BCUT2D eigenvalue weighted by atomic mass is 17.0. The lowest BCUT2D eigenvalue weighted by Crippen LogP contribution is -2.28. The van der Waals surface area contributed by atoms with Gasteiger partial charge in [0.05, 0.1) is 19.1 Å². The van der Waals surface area contributed by atoms with E-state index < -0.39 is 46.2 Å². The smallest absolute Gasteiger partial charge is 0.347 e. The summed E-state index contributed by atoms with van der Waals surface area (Å²) in [6, 6.07) is 9.81. The molecule has 0 heterocycles. The van der Waals surface area contributed by atoms with Crippen molar-refractivity contribution in [3.05, 3.63) is 62.2 Å². The van der Waals surface area contributed by atoms with E-state index in [0.717, 1.165) is 5.39 Å². The third-order valence-corrected chi connectivity index (χ3v) is 5.09. The standard InChI is InChI=1S/C23H26N2O12/c1-14(21(26)35-15(2)22(27)33-10-4-5-11-34-24(29)30)17-6-7-19-13-20(9-8-18(19)12-17)36-23(28)16(3)37-25(31)32/h6-9,12-16H,4-5,10-11H2,1-3H3. The van der Waals surface area contributed by atoms with Crippen LogP contribution >= 0.6 is 0 Å². The highest BCUT2D eigenvalue weighted by Crippen LogP contribution is 2.26. The molecular formula is C23H26N2O12. The first-order valence-electron chi connectivity index (χ1n) is 11.2. The maximum absolute atomic E-state index is 12.6. The van der Waals surface area contributed by atoms with E-state index in [1.807, 2.05) is 0 Å². The second kappa shape index (κ2) is 13.6. The van der Waals surface area contributed by atoms with Crippen molar-refractivity contribution >= 4 is 28.7 Å². The average molecular weight is 522 g/mol. The first-order chi connectivity index (χ1) is 17.5. The van der Waals surface area contributed by atoms with Crippen LogP contribution in [0.25, 0.3) is 10.8 Å². The van der Waals surface area contributed by atoms with E-state index in [9.17, 15) is 34.6 Å². The van der Waals surface area contributed by atoms with Crippen molar-refractivity contribution in [3.63, 3.8) is 0 Å². The van der Waals surface area contributed by atoms with Gasteiger partial charge < -0.3 is 19.0 Å². The molecule has 0 aromatic heterocycles. The van der Waals surface area contributed by atoms with Crippen molar-refractivity contribution in [1.82, 2.24) is 0 Å². The molecule has 37 heavy (non-hydrogen) atoms. The largest absolute Gasteiger partial charge is 0.463 e. The fourth-order valence-corrected chi connectivity index (χ4v) is 3.04. The lowest BCUT2D eigenvalue weighted by atomic mass is 9.98. The Hall–Kier alpha value is -4.49. The van der Waals surface area contributed by atoms with Crippen molar-refractivity contribution in [2.45, 2.75) is 51.7 Å². The number of unbranched alkanes of at least 4 members (excludes halogenated alkanes) is 1. The molecule has 0 N–H and O–H groups in total. The van der Waals surface area contributed by atoms with Crippen LogP contribution in [0.1, 0.15) is 45.1 Å². The van der Waals surface area contributed by atoms with E-state index in [-0.39, 0.29) is 19.0 Å². The molecular weight excluding hydrogens is 496 g/mol. The number of ether oxygens (including phenoxy) is 3. The average Bonchev–Trinajstić information content (AvgIpc) is 2.84. The number of carbonyl (C=O) groups is 3. The van der Waals surface area contributed by atoms with E-state index >= 15 is 0 Å². The number of benzene rings is 2. The third kappa shape index (κ3) is 9.23. The molecule has 0 aliphatic heterocycles. The molecule has 3 unspecified atom stereocenters. The van der Waals surface area contributed by atoms with Crippen molar-refractivity contribution < 1.29 is 48.4 Å². The van der Waals surface area contributed by atoms with Crippen LogP contribution < -0.4 is 4.74 Å². The molecule has 0 radical (unpaired) electrons. The summed E-state index contributed by atoms with van der Waals surface area (Å²) in [5.74, 6) is -2.87. The van der Waals surface area contributed by atoms with E-state index in [1.165, 1.54) is 19.9 Å². The Kier molecular flexibility index (Phi) is 10.5. The van der Waals surface area contributed by atoms with Gasteiger partial charge in [-0.05, 0) is 62.1 Å². The highest BCUT2D eigenvalue weighted by Gasteiger charge is 2.24. The summed E-state index contributed by atoms with van der Waals surface area (Å²) in [7, 11) is 0. The fraction of sp³-hybridized carbons (Fsp3) is 0.435. The maximum Gasteiger partial charge on any atom is 0.347 e. The van der Waals surface area contributed by atoms with Gasteiger partial charge in [-0.1, -0.05) is 24.3 Å². The number of hydrogen-bond acceptors (Lipinski definition) is 12. The van der Waals surface area contributed by atoms with E-state index in [2.05, 4.69) is 9.68 Å². The molecule has 0 spiro atoms. The minimum atomic E-state index is -1.39. The van der Waals surface area contributed by atoms with Crippen LogP contribution in [0.5, 0.6) is 5.75 Å². The summed E-state index contributed by atoms with van der Waals surface area (Å²) in [6.45, 7) is 4.08. The maximum atomic E-state index is 12.6. The lowest BCUT2D eigenvalue weighted by Gasteiger charge is -2.17. The summed E-state index contributed by atoms with van der Waals surface area (Å²) >= 11 is 0. The van der Waals surface area contributed by atoms with Gasteiger partial charge in [0, 0.05) is 0 Å². The summed E-state index contributed by atoms with van der Waals surface area (Å²) in [5, 5.41) is 19.8. The lowest BCUT2D eigenvalue weighted by molar-refractivity contribution is -0.763. The summed E-state index contributed by atoms with van der Waals surface area (Å²) < 4.78 is 15.3. The van der Waals surface area contributed by atoms with Crippen molar-refractivity contribution in [1.29, 1.82) is 0 Å². The molecule has 2 aromatic carbocycles. The Morgan fingerprint density at radius 2 is 1.46 bits per heavy atom. The Labute approximate surface area is 210 Å². The van der Waals surface area contributed by atoms with Gasteiger partial charge in [-0.3, -0.25) is 9.63 Å². The van der Waals surface area contributed by atoms with Gasteiger partial charge in [0.15, 0.2) is 6.10 Å². The van der Waals surface area contributed by atoms with Gasteiger partial charge in [0.25, 0.3) is 10.2 Å². The zero-order valence-corrected chi connectivity index (χ0v) is 20.3. The second-order valence-corrected chi connectivity index (χ2v) is 7.89. The van der Waals surface area contributed by atoms with Crippen LogP contribution in [0.3, 0.4) is 0 Å².